The summed E-state index contributed by atoms with van der Waals surface area (Å²) in [6, 6.07) is 7.23. The van der Waals surface area contributed by atoms with Gasteiger partial charge >= 0.3 is 5.97 Å². The normalized spacial score (nSPS) is 12.2. The van der Waals surface area contributed by atoms with Crippen molar-refractivity contribution < 1.29 is 28.7 Å². The molecule has 2 aromatic rings. The summed E-state index contributed by atoms with van der Waals surface area (Å²) in [7, 11) is 0. The first-order valence-corrected chi connectivity index (χ1v) is 8.54. The van der Waals surface area contributed by atoms with Gasteiger partial charge in [-0.15, -0.1) is 0 Å². The van der Waals surface area contributed by atoms with Crippen molar-refractivity contribution in [1.29, 1.82) is 0 Å². The zero-order valence-electron chi connectivity index (χ0n) is 14.7. The third-order valence-electron chi connectivity index (χ3n) is 3.89. The van der Waals surface area contributed by atoms with Gasteiger partial charge in [0.1, 0.15) is 18.8 Å². The summed E-state index contributed by atoms with van der Waals surface area (Å²) in [6.45, 7) is 1.64. The Balaban J connectivity index is 1.71. The molecule has 1 heterocycles. The van der Waals surface area contributed by atoms with Gasteiger partial charge in [-0.05, 0) is 24.6 Å². The van der Waals surface area contributed by atoms with Crippen LogP contribution in [-0.2, 0) is 9.53 Å². The fraction of sp³-hybridized carbons (Fsp3) is 0.222. The molecule has 0 radical (unpaired) electrons. The largest absolute Gasteiger partial charge is 0.486 e. The Morgan fingerprint density at radius 1 is 1.21 bits per heavy atom. The maximum Gasteiger partial charge on any atom is 0.345 e. The van der Waals surface area contributed by atoms with Crippen LogP contribution in [0.4, 0.5) is 11.4 Å². The van der Waals surface area contributed by atoms with Gasteiger partial charge in [0.05, 0.1) is 11.0 Å². The number of carbonyl (C=O) groups excluding carboxylic acids is 2. The zero-order chi connectivity index (χ0) is 20.3. The maximum absolute atomic E-state index is 12.3. The number of nitro groups is 1. The van der Waals surface area contributed by atoms with E-state index in [2.05, 4.69) is 5.32 Å². The number of anilines is 1. The van der Waals surface area contributed by atoms with Crippen LogP contribution in [0.3, 0.4) is 0 Å². The third-order valence-corrected chi connectivity index (χ3v) is 4.12. The highest BCUT2D eigenvalue weighted by Gasteiger charge is 2.27. The molecule has 0 aromatic heterocycles. The van der Waals surface area contributed by atoms with Crippen molar-refractivity contribution in [3.05, 3.63) is 56.6 Å². The molecule has 9 nitrogen and oxygen atoms in total. The Morgan fingerprint density at radius 3 is 2.57 bits per heavy atom. The smallest absolute Gasteiger partial charge is 0.345 e. The summed E-state index contributed by atoms with van der Waals surface area (Å²) < 4.78 is 15.5. The second-order valence-electron chi connectivity index (χ2n) is 5.85. The van der Waals surface area contributed by atoms with Crippen molar-refractivity contribution >= 4 is 34.9 Å². The van der Waals surface area contributed by atoms with Gasteiger partial charge in [-0.1, -0.05) is 17.7 Å². The van der Waals surface area contributed by atoms with Crippen LogP contribution < -0.4 is 14.8 Å². The van der Waals surface area contributed by atoms with E-state index in [1.807, 2.05) is 0 Å². The van der Waals surface area contributed by atoms with Crippen molar-refractivity contribution in [2.45, 2.75) is 6.92 Å². The first kappa shape index (κ1) is 19.4. The highest BCUT2D eigenvalue weighted by molar-refractivity contribution is 6.31. The number of aryl methyl sites for hydroxylation is 1. The minimum Gasteiger partial charge on any atom is -0.486 e. The van der Waals surface area contributed by atoms with Gasteiger partial charge < -0.3 is 19.5 Å². The van der Waals surface area contributed by atoms with Crippen molar-refractivity contribution in [1.82, 2.24) is 0 Å². The zero-order valence-corrected chi connectivity index (χ0v) is 15.4. The molecular formula is C18H15ClN2O7. The molecule has 0 spiro atoms. The molecule has 0 atom stereocenters. The Bertz CT molecular complexity index is 961. The van der Waals surface area contributed by atoms with Gasteiger partial charge in [0.25, 0.3) is 11.6 Å². The number of nitrogens with zero attached hydrogens (tertiary/aromatic N) is 1. The lowest BCUT2D eigenvalue weighted by Gasteiger charge is -2.18. The Kier molecular flexibility index (Phi) is 5.65. The van der Waals surface area contributed by atoms with Gasteiger partial charge in [0.2, 0.25) is 0 Å². The Hall–Kier alpha value is -3.33. The average molecular weight is 407 g/mol. The van der Waals surface area contributed by atoms with E-state index in [4.69, 9.17) is 25.8 Å². The Morgan fingerprint density at radius 2 is 1.89 bits per heavy atom. The van der Waals surface area contributed by atoms with Gasteiger partial charge in [-0.2, -0.15) is 0 Å². The summed E-state index contributed by atoms with van der Waals surface area (Å²) in [4.78, 5) is 34.9. The summed E-state index contributed by atoms with van der Waals surface area (Å²) >= 11 is 5.89. The number of rotatable bonds is 5. The molecule has 0 unspecified atom stereocenters. The summed E-state index contributed by atoms with van der Waals surface area (Å²) in [5, 5.41) is 14.3. The molecular weight excluding hydrogens is 392 g/mol. The van der Waals surface area contributed by atoms with Crippen LogP contribution in [0.2, 0.25) is 5.02 Å². The lowest BCUT2D eigenvalue weighted by Crippen LogP contribution is -2.22. The topological polar surface area (TPSA) is 117 Å². The quantitative estimate of drug-likeness (QED) is 0.460. The third kappa shape index (κ3) is 4.32. The van der Waals surface area contributed by atoms with Crippen LogP contribution >= 0.6 is 11.6 Å². The average Bonchev–Trinajstić information content (AvgIpc) is 2.67. The highest BCUT2D eigenvalue weighted by Crippen LogP contribution is 2.36. The fourth-order valence-corrected chi connectivity index (χ4v) is 2.69. The predicted octanol–water partition coefficient (Wildman–Crippen LogP) is 3.12. The molecule has 3 rings (SSSR count). The second kappa shape index (κ2) is 8.13. The number of hydrogen-bond acceptors (Lipinski definition) is 7. The van der Waals surface area contributed by atoms with Crippen molar-refractivity contribution in [2.75, 3.05) is 25.1 Å². The summed E-state index contributed by atoms with van der Waals surface area (Å²) in [6.07, 6.45) is 0. The van der Waals surface area contributed by atoms with Gasteiger partial charge in [-0.3, -0.25) is 14.9 Å². The van der Waals surface area contributed by atoms with E-state index in [1.54, 1.807) is 25.1 Å². The number of ether oxygens (including phenoxy) is 3. The molecule has 10 heteroatoms. The summed E-state index contributed by atoms with van der Waals surface area (Å²) in [5.41, 5.74) is 0.409. The monoisotopic (exact) mass is 406 g/mol. The van der Waals surface area contributed by atoms with E-state index < -0.39 is 29.1 Å². The van der Waals surface area contributed by atoms with Crippen LogP contribution in [0, 0.1) is 17.0 Å². The van der Waals surface area contributed by atoms with Gasteiger partial charge in [0.15, 0.2) is 18.1 Å². The van der Waals surface area contributed by atoms with Crippen molar-refractivity contribution in [3.63, 3.8) is 0 Å². The number of halogens is 1. The van der Waals surface area contributed by atoms with Crippen molar-refractivity contribution in [3.8, 4) is 11.5 Å². The first-order chi connectivity index (χ1) is 13.3. The maximum atomic E-state index is 12.3. The molecule has 1 amide bonds. The number of nitrogens with one attached hydrogen (secondary N) is 1. The SMILES string of the molecule is Cc1ccc(Cl)cc1NC(=O)COC(=O)c1cc2c(cc1[N+](=O)[O-])OCCO2. The van der Waals surface area contributed by atoms with Crippen LogP contribution in [-0.4, -0.2) is 36.6 Å². The molecule has 2 aromatic carbocycles. The van der Waals surface area contributed by atoms with E-state index in [0.29, 0.717) is 10.7 Å². The number of benzene rings is 2. The molecule has 0 aliphatic carbocycles. The minimum atomic E-state index is -1.03. The number of nitro benzene ring substituents is 1. The highest BCUT2D eigenvalue weighted by atomic mass is 35.5. The Labute approximate surface area is 164 Å². The molecule has 0 saturated heterocycles. The fourth-order valence-electron chi connectivity index (χ4n) is 2.52. The van der Waals surface area contributed by atoms with E-state index in [1.165, 1.54) is 6.07 Å². The van der Waals surface area contributed by atoms with Gasteiger partial charge in [0, 0.05) is 16.8 Å². The molecule has 1 N–H and O–H groups in total. The molecule has 0 fully saturated rings. The van der Waals surface area contributed by atoms with E-state index in [-0.39, 0.29) is 30.3 Å². The molecule has 0 bridgehead atoms. The number of fused-ring (bicyclic) bond motifs is 1. The van der Waals surface area contributed by atoms with E-state index in [0.717, 1.165) is 11.6 Å². The molecule has 28 heavy (non-hydrogen) atoms. The van der Waals surface area contributed by atoms with Crippen LogP contribution in [0.15, 0.2) is 30.3 Å². The number of esters is 1. The second-order valence-corrected chi connectivity index (χ2v) is 6.29. The lowest BCUT2D eigenvalue weighted by atomic mass is 10.1. The van der Waals surface area contributed by atoms with Crippen molar-refractivity contribution in [2.24, 2.45) is 0 Å². The van der Waals surface area contributed by atoms with E-state index >= 15 is 0 Å². The molecule has 0 saturated carbocycles. The first-order valence-electron chi connectivity index (χ1n) is 8.16. The van der Waals surface area contributed by atoms with Crippen LogP contribution in [0.25, 0.3) is 0 Å². The number of hydrogen-bond donors (Lipinski definition) is 1. The lowest BCUT2D eigenvalue weighted by molar-refractivity contribution is -0.385. The van der Waals surface area contributed by atoms with Gasteiger partial charge in [-0.25, -0.2) is 4.79 Å². The number of amides is 1. The minimum absolute atomic E-state index is 0.170. The molecule has 146 valence electrons. The summed E-state index contributed by atoms with van der Waals surface area (Å²) in [5.74, 6) is -1.27. The number of carbonyl (C=O) groups is 2. The van der Waals surface area contributed by atoms with E-state index in [9.17, 15) is 19.7 Å². The van der Waals surface area contributed by atoms with Crippen LogP contribution in [0.5, 0.6) is 11.5 Å². The van der Waals surface area contributed by atoms with Crippen LogP contribution in [0.1, 0.15) is 15.9 Å². The standard InChI is InChI=1S/C18H15ClN2O7/c1-10-2-3-11(19)6-13(10)20-17(22)9-28-18(23)12-7-15-16(27-5-4-26-15)8-14(12)21(24)25/h2-3,6-8H,4-5,9H2,1H3,(H,20,22). The predicted molar refractivity (Wildman–Crippen MR) is 99.2 cm³/mol. The molecule has 1 aliphatic heterocycles. The molecule has 1 aliphatic rings.